The van der Waals surface area contributed by atoms with Gasteiger partial charge in [0.2, 0.25) is 5.89 Å². The van der Waals surface area contributed by atoms with Crippen molar-refractivity contribution in [3.8, 4) is 17.4 Å². The predicted molar refractivity (Wildman–Crippen MR) is 67.3 cm³/mol. The van der Waals surface area contributed by atoms with Crippen LogP contribution in [0, 0.1) is 0 Å². The van der Waals surface area contributed by atoms with Crippen LogP contribution in [-0.2, 0) is 4.79 Å². The lowest BCUT2D eigenvalue weighted by atomic mass is 10.1. The maximum atomic E-state index is 11.0. The molecule has 1 aromatic carbocycles. The van der Waals surface area contributed by atoms with Crippen molar-refractivity contribution < 1.29 is 13.9 Å². The fourth-order valence-corrected chi connectivity index (χ4v) is 1.59. The zero-order valence-electron chi connectivity index (χ0n) is 10.6. The first kappa shape index (κ1) is 12.4. The average molecular weight is 245 g/mol. The molecular weight excluding hydrogens is 230 g/mol. The minimum atomic E-state index is -0.410. The number of hydrogen-bond acceptors (Lipinski definition) is 4. The second kappa shape index (κ2) is 5.04. The van der Waals surface area contributed by atoms with E-state index in [1.165, 1.54) is 6.92 Å². The Morgan fingerprint density at radius 1 is 1.28 bits per heavy atom. The Balaban J connectivity index is 2.42. The van der Waals surface area contributed by atoms with Crippen LogP contribution in [0.25, 0.3) is 11.5 Å². The molecule has 0 amide bonds. The van der Waals surface area contributed by atoms with Crippen molar-refractivity contribution in [1.29, 1.82) is 0 Å². The maximum Gasteiger partial charge on any atom is 0.316 e. The third-order valence-electron chi connectivity index (χ3n) is 2.42. The summed E-state index contributed by atoms with van der Waals surface area (Å²) < 4.78 is 10.6. The molecule has 0 aliphatic rings. The zero-order valence-corrected chi connectivity index (χ0v) is 10.6. The monoisotopic (exact) mass is 245 g/mol. The topological polar surface area (TPSA) is 52.3 Å². The summed E-state index contributed by atoms with van der Waals surface area (Å²) in [5, 5.41) is 0. The number of hydrogen-bond donors (Lipinski definition) is 0. The van der Waals surface area contributed by atoms with Gasteiger partial charge >= 0.3 is 11.9 Å². The van der Waals surface area contributed by atoms with E-state index in [9.17, 15) is 4.79 Å². The fraction of sp³-hybridized carbons (Fsp3) is 0.286. The smallest absolute Gasteiger partial charge is 0.316 e. The Morgan fingerprint density at radius 3 is 2.50 bits per heavy atom. The lowest BCUT2D eigenvalue weighted by molar-refractivity contribution is -0.133. The van der Waals surface area contributed by atoms with Gasteiger partial charge < -0.3 is 9.15 Å². The summed E-state index contributed by atoms with van der Waals surface area (Å²) in [6.45, 7) is 5.29. The van der Waals surface area contributed by atoms with Crippen molar-refractivity contribution in [2.45, 2.75) is 26.7 Å². The number of rotatable bonds is 3. The molecule has 0 unspecified atom stereocenters. The third kappa shape index (κ3) is 2.59. The minimum Gasteiger partial charge on any atom is -0.405 e. The summed E-state index contributed by atoms with van der Waals surface area (Å²) >= 11 is 0. The van der Waals surface area contributed by atoms with Crippen LogP contribution in [0.15, 0.2) is 34.7 Å². The Labute approximate surface area is 106 Å². The van der Waals surface area contributed by atoms with Gasteiger partial charge in [-0.1, -0.05) is 32.0 Å². The first-order valence-corrected chi connectivity index (χ1v) is 5.82. The Hall–Kier alpha value is -2.10. The number of benzene rings is 1. The van der Waals surface area contributed by atoms with Gasteiger partial charge in [-0.3, -0.25) is 4.79 Å². The van der Waals surface area contributed by atoms with E-state index in [1.54, 1.807) is 0 Å². The van der Waals surface area contributed by atoms with Crippen LogP contribution in [0.3, 0.4) is 0 Å². The summed E-state index contributed by atoms with van der Waals surface area (Å²) in [5.74, 6) is 0.375. The van der Waals surface area contributed by atoms with Crippen LogP contribution in [0.4, 0.5) is 0 Å². The van der Waals surface area contributed by atoms with Crippen molar-refractivity contribution in [2.24, 2.45) is 0 Å². The molecule has 4 heteroatoms. The molecule has 0 atom stereocenters. The molecule has 1 heterocycles. The van der Waals surface area contributed by atoms with Crippen molar-refractivity contribution in [1.82, 2.24) is 4.98 Å². The van der Waals surface area contributed by atoms with E-state index < -0.39 is 5.97 Å². The number of aromatic nitrogens is 1. The third-order valence-corrected chi connectivity index (χ3v) is 2.42. The molecule has 0 radical (unpaired) electrons. The summed E-state index contributed by atoms with van der Waals surface area (Å²) in [6, 6.07) is 9.52. The van der Waals surface area contributed by atoms with E-state index in [0.717, 1.165) is 5.56 Å². The van der Waals surface area contributed by atoms with Crippen molar-refractivity contribution >= 4 is 5.97 Å². The van der Waals surface area contributed by atoms with Crippen LogP contribution in [0.5, 0.6) is 5.95 Å². The van der Waals surface area contributed by atoms with Gasteiger partial charge in [0.1, 0.15) is 5.69 Å². The van der Waals surface area contributed by atoms with E-state index in [1.807, 2.05) is 44.2 Å². The van der Waals surface area contributed by atoms with Crippen LogP contribution < -0.4 is 4.74 Å². The number of nitrogens with zero attached hydrogens (tertiary/aromatic N) is 1. The van der Waals surface area contributed by atoms with Gasteiger partial charge in [-0.15, -0.1) is 0 Å². The summed E-state index contributed by atoms with van der Waals surface area (Å²) in [7, 11) is 0. The highest BCUT2D eigenvalue weighted by molar-refractivity contribution is 5.69. The molecule has 0 spiro atoms. The van der Waals surface area contributed by atoms with Gasteiger partial charge in [-0.05, 0) is 12.1 Å². The SMILES string of the molecule is CC(=O)Oc1oc(-c2ccccc2)nc1C(C)C. The molecule has 0 aliphatic carbocycles. The van der Waals surface area contributed by atoms with Gasteiger partial charge in [-0.25, -0.2) is 4.98 Å². The molecule has 0 saturated carbocycles. The molecule has 94 valence electrons. The predicted octanol–water partition coefficient (Wildman–Crippen LogP) is 3.39. The highest BCUT2D eigenvalue weighted by Gasteiger charge is 2.19. The number of esters is 1. The normalized spacial score (nSPS) is 10.7. The van der Waals surface area contributed by atoms with E-state index in [-0.39, 0.29) is 11.9 Å². The van der Waals surface area contributed by atoms with Crippen LogP contribution in [0.1, 0.15) is 32.4 Å². The summed E-state index contributed by atoms with van der Waals surface area (Å²) in [5.41, 5.74) is 1.52. The number of oxazole rings is 1. The van der Waals surface area contributed by atoms with E-state index in [0.29, 0.717) is 11.6 Å². The molecule has 2 rings (SSSR count). The van der Waals surface area contributed by atoms with Gasteiger partial charge in [0.05, 0.1) is 0 Å². The number of carbonyl (C=O) groups is 1. The summed E-state index contributed by atoms with van der Waals surface area (Å²) in [6.07, 6.45) is 0. The van der Waals surface area contributed by atoms with E-state index in [4.69, 9.17) is 9.15 Å². The quantitative estimate of drug-likeness (QED) is 0.778. The zero-order chi connectivity index (χ0) is 13.1. The lowest BCUT2D eigenvalue weighted by Crippen LogP contribution is -2.03. The first-order chi connectivity index (χ1) is 8.58. The van der Waals surface area contributed by atoms with Crippen molar-refractivity contribution in [2.75, 3.05) is 0 Å². The number of carbonyl (C=O) groups excluding carboxylic acids is 1. The molecule has 18 heavy (non-hydrogen) atoms. The van der Waals surface area contributed by atoms with Crippen molar-refractivity contribution in [3.63, 3.8) is 0 Å². The molecule has 4 nitrogen and oxygen atoms in total. The van der Waals surface area contributed by atoms with Gasteiger partial charge in [0.15, 0.2) is 0 Å². The standard InChI is InChI=1S/C14H15NO3/c1-9(2)12-14(17-10(3)16)18-13(15-12)11-7-5-4-6-8-11/h4-9H,1-3H3. The molecule has 2 aromatic rings. The molecule has 1 aromatic heterocycles. The molecular formula is C14H15NO3. The van der Waals surface area contributed by atoms with Crippen LogP contribution in [-0.4, -0.2) is 11.0 Å². The maximum absolute atomic E-state index is 11.0. The fourth-order valence-electron chi connectivity index (χ4n) is 1.59. The van der Waals surface area contributed by atoms with Gasteiger partial charge in [-0.2, -0.15) is 0 Å². The minimum absolute atomic E-state index is 0.126. The lowest BCUT2D eigenvalue weighted by Gasteiger charge is -2.01. The second-order valence-corrected chi connectivity index (χ2v) is 4.31. The summed E-state index contributed by atoms with van der Waals surface area (Å²) in [4.78, 5) is 15.4. The molecule has 0 fully saturated rings. The van der Waals surface area contributed by atoms with E-state index in [2.05, 4.69) is 4.98 Å². The Kier molecular flexibility index (Phi) is 3.46. The van der Waals surface area contributed by atoms with E-state index >= 15 is 0 Å². The van der Waals surface area contributed by atoms with Gasteiger partial charge in [0.25, 0.3) is 0 Å². The molecule has 0 N–H and O–H groups in total. The Bertz CT molecular complexity index is 543. The van der Waals surface area contributed by atoms with Gasteiger partial charge in [0, 0.05) is 18.4 Å². The first-order valence-electron chi connectivity index (χ1n) is 5.82. The highest BCUT2D eigenvalue weighted by Crippen LogP contribution is 2.31. The largest absolute Gasteiger partial charge is 0.405 e. The molecule has 0 aliphatic heterocycles. The van der Waals surface area contributed by atoms with Crippen molar-refractivity contribution in [3.05, 3.63) is 36.0 Å². The van der Waals surface area contributed by atoms with Crippen LogP contribution >= 0.6 is 0 Å². The molecule has 0 bridgehead atoms. The highest BCUT2D eigenvalue weighted by atomic mass is 16.6. The average Bonchev–Trinajstić information content (AvgIpc) is 2.73. The van der Waals surface area contributed by atoms with Crippen LogP contribution in [0.2, 0.25) is 0 Å². The molecule has 0 saturated heterocycles. The number of ether oxygens (including phenoxy) is 1. The Morgan fingerprint density at radius 2 is 1.94 bits per heavy atom. The second-order valence-electron chi connectivity index (χ2n) is 4.31.